The van der Waals surface area contributed by atoms with Gasteiger partial charge in [0.15, 0.2) is 0 Å². The highest BCUT2D eigenvalue weighted by Crippen LogP contribution is 2.27. The molecular weight excluding hydrogens is 416 g/mol. The standard InChI is InChI=1S/C22H32N4O4S/c1-8-14(3)18(24-20(28)30-22(5,6)7)19-25-26-21(29-19)31-12-17(27)23-16-11-13(2)9-10-15(16)4/h9-11,14,18H,8,12H2,1-7H3,(H,23,27)(H,24,28)/t14-,18+/m1/s1. The van der Waals surface area contributed by atoms with Gasteiger partial charge in [0.25, 0.3) is 5.22 Å². The van der Waals surface area contributed by atoms with Gasteiger partial charge < -0.3 is 19.8 Å². The van der Waals surface area contributed by atoms with Crippen molar-refractivity contribution in [2.45, 2.75) is 71.8 Å². The maximum absolute atomic E-state index is 12.3. The van der Waals surface area contributed by atoms with Gasteiger partial charge in [-0.1, -0.05) is 44.2 Å². The lowest BCUT2D eigenvalue weighted by Gasteiger charge is -2.24. The number of hydrogen-bond acceptors (Lipinski definition) is 7. The minimum absolute atomic E-state index is 0.0541. The monoisotopic (exact) mass is 448 g/mol. The first-order chi connectivity index (χ1) is 14.5. The van der Waals surface area contributed by atoms with Gasteiger partial charge in [-0.3, -0.25) is 4.79 Å². The Morgan fingerprint density at radius 2 is 1.94 bits per heavy atom. The van der Waals surface area contributed by atoms with E-state index < -0.39 is 17.7 Å². The number of anilines is 1. The second kappa shape index (κ2) is 10.7. The van der Waals surface area contributed by atoms with Gasteiger partial charge in [-0.05, 0) is 57.7 Å². The van der Waals surface area contributed by atoms with Gasteiger partial charge in [0.2, 0.25) is 11.8 Å². The zero-order valence-corrected chi connectivity index (χ0v) is 20.1. The fourth-order valence-corrected chi connectivity index (χ4v) is 3.28. The quantitative estimate of drug-likeness (QED) is 0.546. The van der Waals surface area contributed by atoms with Crippen LogP contribution >= 0.6 is 11.8 Å². The number of alkyl carbamates (subject to hydrolysis) is 1. The second-order valence-corrected chi connectivity index (χ2v) is 9.50. The first kappa shape index (κ1) is 24.7. The molecule has 0 saturated carbocycles. The first-order valence-electron chi connectivity index (χ1n) is 10.3. The number of thioether (sulfide) groups is 1. The summed E-state index contributed by atoms with van der Waals surface area (Å²) in [4.78, 5) is 24.6. The van der Waals surface area contributed by atoms with E-state index in [0.29, 0.717) is 0 Å². The average molecular weight is 449 g/mol. The van der Waals surface area contributed by atoms with Crippen molar-refractivity contribution in [1.29, 1.82) is 0 Å². The van der Waals surface area contributed by atoms with E-state index in [1.807, 2.05) is 45.9 Å². The normalized spacial score (nSPS) is 13.4. The van der Waals surface area contributed by atoms with Crippen LogP contribution in [-0.2, 0) is 9.53 Å². The number of aryl methyl sites for hydroxylation is 2. The molecule has 9 heteroatoms. The molecule has 170 valence electrons. The molecular formula is C22H32N4O4S. The van der Waals surface area contributed by atoms with E-state index in [2.05, 4.69) is 20.8 Å². The number of carbonyl (C=O) groups excluding carboxylic acids is 2. The Bertz CT molecular complexity index is 907. The minimum Gasteiger partial charge on any atom is -0.444 e. The van der Waals surface area contributed by atoms with E-state index in [-0.39, 0.29) is 28.7 Å². The molecule has 2 aromatic rings. The van der Waals surface area contributed by atoms with Crippen molar-refractivity contribution in [2.75, 3.05) is 11.1 Å². The number of nitrogens with one attached hydrogen (secondary N) is 2. The molecule has 0 bridgehead atoms. The van der Waals surface area contributed by atoms with E-state index >= 15 is 0 Å². The van der Waals surface area contributed by atoms with Crippen LogP contribution in [0.3, 0.4) is 0 Å². The van der Waals surface area contributed by atoms with Crippen molar-refractivity contribution in [3.8, 4) is 0 Å². The van der Waals surface area contributed by atoms with Crippen LogP contribution in [0, 0.1) is 19.8 Å². The van der Waals surface area contributed by atoms with Crippen LogP contribution in [0.1, 0.15) is 64.1 Å². The summed E-state index contributed by atoms with van der Waals surface area (Å²) in [7, 11) is 0. The van der Waals surface area contributed by atoms with Gasteiger partial charge in [0.1, 0.15) is 11.6 Å². The van der Waals surface area contributed by atoms with Crippen LogP contribution in [0.5, 0.6) is 0 Å². The molecule has 2 N–H and O–H groups in total. The maximum Gasteiger partial charge on any atom is 0.408 e. The predicted molar refractivity (Wildman–Crippen MR) is 121 cm³/mol. The summed E-state index contributed by atoms with van der Waals surface area (Å²) in [5, 5.41) is 14.1. The first-order valence-corrected chi connectivity index (χ1v) is 11.3. The van der Waals surface area contributed by atoms with Gasteiger partial charge >= 0.3 is 6.09 Å². The molecule has 0 unspecified atom stereocenters. The van der Waals surface area contributed by atoms with Crippen molar-refractivity contribution in [1.82, 2.24) is 15.5 Å². The summed E-state index contributed by atoms with van der Waals surface area (Å²) >= 11 is 1.15. The Morgan fingerprint density at radius 1 is 1.23 bits per heavy atom. The van der Waals surface area contributed by atoms with Gasteiger partial charge in [-0.15, -0.1) is 10.2 Å². The second-order valence-electron chi connectivity index (χ2n) is 8.57. The molecule has 31 heavy (non-hydrogen) atoms. The Kier molecular flexibility index (Phi) is 8.50. The minimum atomic E-state index is -0.608. The number of carbonyl (C=O) groups is 2. The summed E-state index contributed by atoms with van der Waals surface area (Å²) in [6, 6.07) is 5.42. The number of rotatable bonds is 8. The van der Waals surface area contributed by atoms with Crippen LogP contribution in [-0.4, -0.2) is 33.6 Å². The Morgan fingerprint density at radius 3 is 2.58 bits per heavy atom. The van der Waals surface area contributed by atoms with Crippen molar-refractivity contribution >= 4 is 29.4 Å². The molecule has 0 fully saturated rings. The number of nitrogens with zero attached hydrogens (tertiary/aromatic N) is 2. The largest absolute Gasteiger partial charge is 0.444 e. The highest BCUT2D eigenvalue weighted by Gasteiger charge is 2.28. The summed E-state index contributed by atoms with van der Waals surface area (Å²) in [6.07, 6.45) is 0.252. The lowest BCUT2D eigenvalue weighted by Crippen LogP contribution is -2.37. The smallest absolute Gasteiger partial charge is 0.408 e. The highest BCUT2D eigenvalue weighted by molar-refractivity contribution is 7.99. The number of benzene rings is 1. The van der Waals surface area contributed by atoms with Crippen LogP contribution in [0.25, 0.3) is 0 Å². The molecule has 1 aromatic heterocycles. The summed E-state index contributed by atoms with van der Waals surface area (Å²) < 4.78 is 11.1. The number of ether oxygens (including phenoxy) is 1. The summed E-state index contributed by atoms with van der Waals surface area (Å²) in [5.74, 6) is 0.308. The predicted octanol–water partition coefficient (Wildman–Crippen LogP) is 5.03. The molecule has 2 amide bonds. The zero-order valence-electron chi connectivity index (χ0n) is 19.2. The van der Waals surface area contributed by atoms with E-state index in [1.54, 1.807) is 20.8 Å². The third kappa shape index (κ3) is 7.90. The Labute approximate surface area is 187 Å². The van der Waals surface area contributed by atoms with E-state index in [9.17, 15) is 9.59 Å². The molecule has 0 aliphatic heterocycles. The molecule has 0 radical (unpaired) electrons. The molecule has 0 saturated heterocycles. The fraction of sp³-hybridized carbons (Fsp3) is 0.545. The van der Waals surface area contributed by atoms with Crippen LogP contribution in [0.4, 0.5) is 10.5 Å². The van der Waals surface area contributed by atoms with Crippen molar-refractivity contribution in [3.63, 3.8) is 0 Å². The number of aromatic nitrogens is 2. The lowest BCUT2D eigenvalue weighted by atomic mass is 9.99. The van der Waals surface area contributed by atoms with E-state index in [0.717, 1.165) is 35.0 Å². The molecule has 0 spiro atoms. The van der Waals surface area contributed by atoms with Crippen LogP contribution in [0.15, 0.2) is 27.8 Å². The fourth-order valence-electron chi connectivity index (χ4n) is 2.71. The van der Waals surface area contributed by atoms with E-state index in [1.165, 1.54) is 0 Å². The summed E-state index contributed by atoms with van der Waals surface area (Å²) in [5.41, 5.74) is 2.25. The Balaban J connectivity index is 2.00. The molecule has 1 heterocycles. The van der Waals surface area contributed by atoms with Crippen LogP contribution < -0.4 is 10.6 Å². The molecule has 2 atom stereocenters. The topological polar surface area (TPSA) is 106 Å². The molecule has 8 nitrogen and oxygen atoms in total. The third-order valence-electron chi connectivity index (χ3n) is 4.57. The summed E-state index contributed by atoms with van der Waals surface area (Å²) in [6.45, 7) is 13.3. The lowest BCUT2D eigenvalue weighted by molar-refractivity contribution is -0.113. The molecule has 0 aliphatic carbocycles. The molecule has 1 aromatic carbocycles. The SMILES string of the molecule is CC[C@@H](C)[C@H](NC(=O)OC(C)(C)C)c1nnc(SCC(=O)Nc2cc(C)ccc2C)o1. The van der Waals surface area contributed by atoms with Gasteiger partial charge in [-0.2, -0.15) is 0 Å². The average Bonchev–Trinajstić information content (AvgIpc) is 3.14. The van der Waals surface area contributed by atoms with Crippen LogP contribution in [0.2, 0.25) is 0 Å². The van der Waals surface area contributed by atoms with Gasteiger partial charge in [0.05, 0.1) is 5.75 Å². The molecule has 2 rings (SSSR count). The van der Waals surface area contributed by atoms with Crippen molar-refractivity contribution in [3.05, 3.63) is 35.2 Å². The maximum atomic E-state index is 12.3. The highest BCUT2D eigenvalue weighted by atomic mass is 32.2. The van der Waals surface area contributed by atoms with Crippen molar-refractivity contribution in [2.24, 2.45) is 5.92 Å². The van der Waals surface area contributed by atoms with E-state index in [4.69, 9.17) is 9.15 Å². The zero-order chi connectivity index (χ0) is 23.2. The number of amides is 2. The third-order valence-corrected chi connectivity index (χ3v) is 5.39. The Hall–Kier alpha value is -2.55. The van der Waals surface area contributed by atoms with Crippen molar-refractivity contribution < 1.29 is 18.7 Å². The molecule has 0 aliphatic rings. The van der Waals surface area contributed by atoms with Gasteiger partial charge in [0, 0.05) is 5.69 Å². The number of hydrogen-bond donors (Lipinski definition) is 2. The van der Waals surface area contributed by atoms with Gasteiger partial charge in [-0.25, -0.2) is 4.79 Å².